The van der Waals surface area contributed by atoms with Crippen molar-refractivity contribution in [2.45, 2.75) is 6.92 Å². The van der Waals surface area contributed by atoms with Crippen LogP contribution >= 0.6 is 22.6 Å². The van der Waals surface area contributed by atoms with Gasteiger partial charge in [-0.2, -0.15) is 5.10 Å². The predicted molar refractivity (Wildman–Crippen MR) is 83.2 cm³/mol. The van der Waals surface area contributed by atoms with Crippen LogP contribution in [0.3, 0.4) is 0 Å². The highest BCUT2D eigenvalue weighted by molar-refractivity contribution is 14.1. The van der Waals surface area contributed by atoms with Crippen molar-refractivity contribution in [2.24, 2.45) is 0 Å². The number of nitrogen functional groups attached to an aromatic ring is 1. The third kappa shape index (κ3) is 2.72. The Morgan fingerprint density at radius 2 is 2.05 bits per heavy atom. The van der Waals surface area contributed by atoms with Gasteiger partial charge >= 0.3 is 5.97 Å². The molecule has 0 spiro atoms. The van der Waals surface area contributed by atoms with Crippen molar-refractivity contribution in [3.63, 3.8) is 0 Å². The summed E-state index contributed by atoms with van der Waals surface area (Å²) < 4.78 is 12.1. The summed E-state index contributed by atoms with van der Waals surface area (Å²) in [5, 5.41) is 4.22. The number of aromatic nitrogens is 2. The van der Waals surface area contributed by atoms with E-state index in [-0.39, 0.29) is 5.69 Å². The molecule has 7 heteroatoms. The highest BCUT2D eigenvalue weighted by Crippen LogP contribution is 2.24. The van der Waals surface area contributed by atoms with Gasteiger partial charge in [-0.1, -0.05) is 0 Å². The second-order valence-electron chi connectivity index (χ2n) is 3.88. The summed E-state index contributed by atoms with van der Waals surface area (Å²) in [6, 6.07) is 7.22. The molecule has 0 saturated heterocycles. The normalized spacial score (nSPS) is 10.3. The van der Waals surface area contributed by atoms with E-state index >= 15 is 0 Å². The number of methoxy groups -OCH3 is 1. The first-order chi connectivity index (χ1) is 9.58. The van der Waals surface area contributed by atoms with Crippen LogP contribution in [0.25, 0.3) is 5.69 Å². The van der Waals surface area contributed by atoms with E-state index in [1.807, 2.05) is 34.7 Å². The van der Waals surface area contributed by atoms with Gasteiger partial charge in [-0.15, -0.1) is 0 Å². The topological polar surface area (TPSA) is 79.4 Å². The van der Waals surface area contributed by atoms with E-state index in [0.29, 0.717) is 16.0 Å². The molecule has 2 rings (SSSR count). The fourth-order valence-electron chi connectivity index (χ4n) is 1.66. The number of halogens is 1. The van der Waals surface area contributed by atoms with Gasteiger partial charge in [-0.3, -0.25) is 0 Å². The zero-order valence-electron chi connectivity index (χ0n) is 11.1. The summed E-state index contributed by atoms with van der Waals surface area (Å²) in [5.41, 5.74) is 6.96. The smallest absolute Gasteiger partial charge is 0.360 e. The predicted octanol–water partition coefficient (Wildman–Crippen LogP) is 2.24. The molecule has 1 aromatic heterocycles. The van der Waals surface area contributed by atoms with E-state index in [0.717, 1.165) is 11.4 Å². The highest BCUT2D eigenvalue weighted by atomic mass is 127. The lowest BCUT2D eigenvalue weighted by Crippen LogP contribution is -2.07. The quantitative estimate of drug-likeness (QED) is 0.643. The molecule has 0 bridgehead atoms. The number of anilines is 1. The van der Waals surface area contributed by atoms with Gasteiger partial charge in [0.2, 0.25) is 0 Å². The zero-order valence-corrected chi connectivity index (χ0v) is 13.2. The maximum Gasteiger partial charge on any atom is 0.360 e. The summed E-state index contributed by atoms with van der Waals surface area (Å²) >= 11 is 1.99. The number of nitrogens with zero attached hydrogens (tertiary/aromatic N) is 2. The van der Waals surface area contributed by atoms with Crippen molar-refractivity contribution < 1.29 is 14.3 Å². The number of nitrogens with two attached hydrogens (primary N) is 1. The molecule has 2 aromatic rings. The molecule has 0 radical (unpaired) electrons. The molecule has 0 aliphatic rings. The van der Waals surface area contributed by atoms with Crippen LogP contribution in [-0.4, -0.2) is 29.5 Å². The molecular formula is C13H14IN3O3. The first-order valence-corrected chi connectivity index (χ1v) is 7.01. The van der Waals surface area contributed by atoms with Gasteiger partial charge in [0.25, 0.3) is 0 Å². The Bertz CT molecular complexity index is 623. The number of hydrogen-bond donors (Lipinski definition) is 1. The van der Waals surface area contributed by atoms with Gasteiger partial charge in [0, 0.05) is 0 Å². The number of esters is 1. The Morgan fingerprint density at radius 3 is 2.60 bits per heavy atom. The minimum atomic E-state index is -0.476. The third-order valence-electron chi connectivity index (χ3n) is 2.65. The largest absolute Gasteiger partial charge is 0.497 e. The van der Waals surface area contributed by atoms with Crippen molar-refractivity contribution in [1.29, 1.82) is 0 Å². The molecule has 0 saturated carbocycles. The summed E-state index contributed by atoms with van der Waals surface area (Å²) in [5.74, 6) is 0.662. The maximum atomic E-state index is 11.8. The molecule has 1 aromatic carbocycles. The monoisotopic (exact) mass is 387 g/mol. The molecule has 0 aliphatic carbocycles. The summed E-state index contributed by atoms with van der Waals surface area (Å²) in [7, 11) is 1.60. The number of carbonyl (C=O) groups excluding carboxylic acids is 1. The van der Waals surface area contributed by atoms with Gasteiger partial charge in [0.05, 0.1) is 23.0 Å². The molecule has 0 atom stereocenters. The van der Waals surface area contributed by atoms with E-state index in [4.69, 9.17) is 15.2 Å². The zero-order chi connectivity index (χ0) is 14.7. The van der Waals surface area contributed by atoms with Gasteiger partial charge in [0.15, 0.2) is 5.69 Å². The Hall–Kier alpha value is -1.77. The minimum absolute atomic E-state index is 0.223. The number of hydrogen-bond acceptors (Lipinski definition) is 5. The highest BCUT2D eigenvalue weighted by Gasteiger charge is 2.21. The average Bonchev–Trinajstić information content (AvgIpc) is 2.76. The van der Waals surface area contributed by atoms with Crippen LogP contribution in [0, 0.1) is 3.57 Å². The van der Waals surface area contributed by atoms with Gasteiger partial charge < -0.3 is 15.2 Å². The molecule has 6 nitrogen and oxygen atoms in total. The van der Waals surface area contributed by atoms with Crippen LogP contribution in [0.1, 0.15) is 17.4 Å². The molecule has 0 amide bonds. The van der Waals surface area contributed by atoms with Crippen LogP contribution < -0.4 is 10.5 Å². The van der Waals surface area contributed by atoms with Gasteiger partial charge in [0.1, 0.15) is 11.6 Å². The SMILES string of the molecule is CCOC(=O)c1nn(-c2ccc(OC)cc2)c(N)c1I. The van der Waals surface area contributed by atoms with Crippen molar-refractivity contribution >= 4 is 34.4 Å². The lowest BCUT2D eigenvalue weighted by Gasteiger charge is -2.05. The van der Waals surface area contributed by atoms with Crippen molar-refractivity contribution in [1.82, 2.24) is 9.78 Å². The molecule has 0 aliphatic heterocycles. The third-order valence-corrected chi connectivity index (χ3v) is 3.71. The molecule has 106 valence electrons. The van der Waals surface area contributed by atoms with Crippen molar-refractivity contribution in [3.8, 4) is 11.4 Å². The average molecular weight is 387 g/mol. The summed E-state index contributed by atoms with van der Waals surface area (Å²) in [4.78, 5) is 11.8. The summed E-state index contributed by atoms with van der Waals surface area (Å²) in [6.07, 6.45) is 0. The lowest BCUT2D eigenvalue weighted by molar-refractivity contribution is 0.0517. The van der Waals surface area contributed by atoms with Crippen LogP contribution in [0.2, 0.25) is 0 Å². The van der Waals surface area contributed by atoms with E-state index in [2.05, 4.69) is 5.10 Å². The first-order valence-electron chi connectivity index (χ1n) is 5.94. The molecule has 0 fully saturated rings. The van der Waals surface area contributed by atoms with E-state index in [9.17, 15) is 4.79 Å². The number of carbonyl (C=O) groups is 1. The standard InChI is InChI=1S/C13H14IN3O3/c1-3-20-13(18)11-10(14)12(15)17(16-11)8-4-6-9(19-2)7-5-8/h4-7H,3,15H2,1-2H3. The minimum Gasteiger partial charge on any atom is -0.497 e. The fraction of sp³-hybridized carbons (Fsp3) is 0.231. The number of benzene rings is 1. The Kier molecular flexibility index (Phi) is 4.48. The molecule has 2 N–H and O–H groups in total. The van der Waals surface area contributed by atoms with Crippen molar-refractivity contribution in [3.05, 3.63) is 33.5 Å². The van der Waals surface area contributed by atoms with Crippen LogP contribution in [0.4, 0.5) is 5.82 Å². The Morgan fingerprint density at radius 1 is 1.40 bits per heavy atom. The number of ether oxygens (including phenoxy) is 2. The van der Waals surface area contributed by atoms with Gasteiger partial charge in [-0.25, -0.2) is 9.48 Å². The Labute approximate surface area is 130 Å². The Balaban J connectivity index is 2.41. The van der Waals surface area contributed by atoms with E-state index in [1.54, 1.807) is 26.2 Å². The van der Waals surface area contributed by atoms with E-state index in [1.165, 1.54) is 4.68 Å². The summed E-state index contributed by atoms with van der Waals surface area (Å²) in [6.45, 7) is 2.04. The molecular weight excluding hydrogens is 373 g/mol. The van der Waals surface area contributed by atoms with Gasteiger partial charge in [-0.05, 0) is 53.8 Å². The van der Waals surface area contributed by atoms with Crippen molar-refractivity contribution in [2.75, 3.05) is 19.5 Å². The maximum absolute atomic E-state index is 11.8. The first kappa shape index (κ1) is 14.6. The number of rotatable bonds is 4. The molecule has 0 unspecified atom stereocenters. The molecule has 1 heterocycles. The van der Waals surface area contributed by atoms with Crippen LogP contribution in [0.5, 0.6) is 5.75 Å². The van der Waals surface area contributed by atoms with Crippen LogP contribution in [-0.2, 0) is 4.74 Å². The van der Waals surface area contributed by atoms with E-state index < -0.39 is 5.97 Å². The second kappa shape index (κ2) is 6.12. The second-order valence-corrected chi connectivity index (χ2v) is 4.96. The molecule has 20 heavy (non-hydrogen) atoms. The lowest BCUT2D eigenvalue weighted by atomic mass is 10.3. The van der Waals surface area contributed by atoms with Crippen LogP contribution in [0.15, 0.2) is 24.3 Å². The fourth-order valence-corrected chi connectivity index (χ4v) is 2.22.